The maximum Gasteiger partial charge on any atom is 0.225 e. The van der Waals surface area contributed by atoms with E-state index in [2.05, 4.69) is 59.4 Å². The number of hydrogen-bond donors (Lipinski definition) is 1. The average Bonchev–Trinajstić information content (AvgIpc) is 2.59. The fourth-order valence-electron chi connectivity index (χ4n) is 3.51. The Morgan fingerprint density at radius 1 is 1.17 bits per heavy atom. The van der Waals surface area contributed by atoms with Gasteiger partial charge in [0.25, 0.3) is 0 Å². The molecule has 1 N–H and O–H groups in total. The molecule has 1 aromatic heterocycles. The SMILES string of the molecule is CCC1CCCCN1c1cc(C)nc(NCc2cccc(C)c2)n1. The molecule has 1 aliphatic rings. The molecule has 24 heavy (non-hydrogen) atoms. The minimum absolute atomic E-state index is 0.609. The van der Waals surface area contributed by atoms with Crippen LogP contribution >= 0.6 is 0 Å². The lowest BCUT2D eigenvalue weighted by molar-refractivity contribution is 0.446. The van der Waals surface area contributed by atoms with Crippen LogP contribution in [0.25, 0.3) is 0 Å². The molecule has 0 bridgehead atoms. The van der Waals surface area contributed by atoms with Crippen LogP contribution in [0.3, 0.4) is 0 Å². The van der Waals surface area contributed by atoms with Crippen molar-refractivity contribution in [2.45, 2.75) is 59.0 Å². The Morgan fingerprint density at radius 3 is 2.83 bits per heavy atom. The summed E-state index contributed by atoms with van der Waals surface area (Å²) in [7, 11) is 0. The summed E-state index contributed by atoms with van der Waals surface area (Å²) in [5.41, 5.74) is 3.55. The van der Waals surface area contributed by atoms with E-state index in [9.17, 15) is 0 Å². The molecule has 4 nitrogen and oxygen atoms in total. The molecule has 0 amide bonds. The van der Waals surface area contributed by atoms with Crippen molar-refractivity contribution in [3.8, 4) is 0 Å². The van der Waals surface area contributed by atoms with Crippen molar-refractivity contribution in [3.05, 3.63) is 47.2 Å². The molecular weight excluding hydrogens is 296 g/mol. The monoisotopic (exact) mass is 324 g/mol. The van der Waals surface area contributed by atoms with Crippen LogP contribution < -0.4 is 10.2 Å². The van der Waals surface area contributed by atoms with Crippen LogP contribution in [0.15, 0.2) is 30.3 Å². The molecule has 2 aromatic rings. The third-order valence-electron chi connectivity index (χ3n) is 4.77. The van der Waals surface area contributed by atoms with E-state index < -0.39 is 0 Å². The molecule has 1 aromatic carbocycles. The number of aryl methyl sites for hydroxylation is 2. The zero-order valence-electron chi connectivity index (χ0n) is 15.0. The Kier molecular flexibility index (Phi) is 5.34. The fourth-order valence-corrected chi connectivity index (χ4v) is 3.51. The Bertz CT molecular complexity index is 683. The molecule has 1 unspecified atom stereocenters. The third-order valence-corrected chi connectivity index (χ3v) is 4.77. The molecule has 3 rings (SSSR count). The Hall–Kier alpha value is -2.10. The summed E-state index contributed by atoms with van der Waals surface area (Å²) in [6.45, 7) is 8.29. The molecule has 128 valence electrons. The van der Waals surface area contributed by atoms with Crippen LogP contribution in [-0.2, 0) is 6.54 Å². The molecule has 4 heteroatoms. The highest BCUT2D eigenvalue weighted by Gasteiger charge is 2.22. The van der Waals surface area contributed by atoms with Gasteiger partial charge in [0.1, 0.15) is 5.82 Å². The van der Waals surface area contributed by atoms with Crippen LogP contribution in [0, 0.1) is 13.8 Å². The van der Waals surface area contributed by atoms with Crippen LogP contribution in [0.1, 0.15) is 49.4 Å². The van der Waals surface area contributed by atoms with Gasteiger partial charge in [-0.05, 0) is 45.1 Å². The standard InChI is InChI=1S/C20H28N4/c1-4-18-10-5-6-11-24(18)19-13-16(3)22-20(23-19)21-14-17-9-7-8-15(2)12-17/h7-9,12-13,18H,4-6,10-11,14H2,1-3H3,(H,21,22,23). The normalized spacial score (nSPS) is 17.8. The van der Waals surface area contributed by atoms with Gasteiger partial charge in [-0.15, -0.1) is 0 Å². The van der Waals surface area contributed by atoms with E-state index in [1.165, 1.54) is 36.8 Å². The van der Waals surface area contributed by atoms with Crippen LogP contribution in [0.2, 0.25) is 0 Å². The zero-order chi connectivity index (χ0) is 16.9. The predicted octanol–water partition coefficient (Wildman–Crippen LogP) is 4.47. The number of nitrogens with one attached hydrogen (secondary N) is 1. The van der Waals surface area contributed by atoms with Crippen molar-refractivity contribution in [2.24, 2.45) is 0 Å². The maximum atomic E-state index is 4.80. The lowest BCUT2D eigenvalue weighted by Gasteiger charge is -2.36. The quantitative estimate of drug-likeness (QED) is 0.881. The maximum absolute atomic E-state index is 4.80. The molecule has 1 saturated heterocycles. The second kappa shape index (κ2) is 7.65. The number of rotatable bonds is 5. The third kappa shape index (κ3) is 4.05. The minimum Gasteiger partial charge on any atom is -0.353 e. The molecular formula is C20H28N4. The first-order chi connectivity index (χ1) is 11.7. The molecule has 2 heterocycles. The van der Waals surface area contributed by atoms with Gasteiger partial charge in [0.05, 0.1) is 0 Å². The van der Waals surface area contributed by atoms with Gasteiger partial charge >= 0.3 is 0 Å². The van der Waals surface area contributed by atoms with E-state index in [0.717, 1.165) is 30.5 Å². The fraction of sp³-hybridized carbons (Fsp3) is 0.500. The first kappa shape index (κ1) is 16.7. The summed E-state index contributed by atoms with van der Waals surface area (Å²) < 4.78 is 0. The molecule has 0 spiro atoms. The van der Waals surface area contributed by atoms with Gasteiger partial charge in [0.2, 0.25) is 5.95 Å². The van der Waals surface area contributed by atoms with Crippen LogP contribution in [0.4, 0.5) is 11.8 Å². The lowest BCUT2D eigenvalue weighted by atomic mass is 10.00. The van der Waals surface area contributed by atoms with E-state index in [1.54, 1.807) is 0 Å². The number of nitrogens with zero attached hydrogens (tertiary/aromatic N) is 3. The highest BCUT2D eigenvalue weighted by atomic mass is 15.2. The number of piperidine rings is 1. The number of anilines is 2. The molecule has 0 saturated carbocycles. The number of benzene rings is 1. The van der Waals surface area contributed by atoms with E-state index in [-0.39, 0.29) is 0 Å². The van der Waals surface area contributed by atoms with Crippen LogP contribution in [0.5, 0.6) is 0 Å². The average molecular weight is 324 g/mol. The predicted molar refractivity (Wildman–Crippen MR) is 101 cm³/mol. The number of hydrogen-bond acceptors (Lipinski definition) is 4. The summed E-state index contributed by atoms with van der Waals surface area (Å²) in [5, 5.41) is 3.39. The highest BCUT2D eigenvalue weighted by molar-refractivity contribution is 5.46. The smallest absolute Gasteiger partial charge is 0.225 e. The van der Waals surface area contributed by atoms with Crippen molar-refractivity contribution in [1.29, 1.82) is 0 Å². The van der Waals surface area contributed by atoms with E-state index in [0.29, 0.717) is 6.04 Å². The van der Waals surface area contributed by atoms with Gasteiger partial charge in [-0.2, -0.15) is 4.98 Å². The topological polar surface area (TPSA) is 41.1 Å². The second-order valence-electron chi connectivity index (χ2n) is 6.78. The summed E-state index contributed by atoms with van der Waals surface area (Å²) in [5.74, 6) is 1.80. The summed E-state index contributed by atoms with van der Waals surface area (Å²) in [6.07, 6.45) is 5.03. The zero-order valence-corrected chi connectivity index (χ0v) is 15.0. The summed E-state index contributed by atoms with van der Waals surface area (Å²) in [4.78, 5) is 11.8. The van der Waals surface area contributed by atoms with Gasteiger partial charge < -0.3 is 10.2 Å². The van der Waals surface area contributed by atoms with Crippen molar-refractivity contribution < 1.29 is 0 Å². The van der Waals surface area contributed by atoms with Crippen molar-refractivity contribution in [2.75, 3.05) is 16.8 Å². The first-order valence-corrected chi connectivity index (χ1v) is 9.07. The Labute approximate surface area is 145 Å². The summed E-state index contributed by atoms with van der Waals surface area (Å²) >= 11 is 0. The lowest BCUT2D eigenvalue weighted by Crippen LogP contribution is -2.39. The minimum atomic E-state index is 0.609. The molecule has 0 radical (unpaired) electrons. The van der Waals surface area contributed by atoms with Gasteiger partial charge in [0.15, 0.2) is 0 Å². The van der Waals surface area contributed by atoms with Gasteiger partial charge in [-0.25, -0.2) is 4.98 Å². The second-order valence-corrected chi connectivity index (χ2v) is 6.78. The Balaban J connectivity index is 1.76. The number of aromatic nitrogens is 2. The van der Waals surface area contributed by atoms with Gasteiger partial charge in [-0.3, -0.25) is 0 Å². The molecule has 1 aliphatic heterocycles. The van der Waals surface area contributed by atoms with Crippen LogP contribution in [-0.4, -0.2) is 22.6 Å². The molecule has 0 aliphatic carbocycles. The summed E-state index contributed by atoms with van der Waals surface area (Å²) in [6, 6.07) is 11.3. The largest absolute Gasteiger partial charge is 0.353 e. The molecule has 1 fully saturated rings. The Morgan fingerprint density at radius 2 is 2.04 bits per heavy atom. The van der Waals surface area contributed by atoms with E-state index >= 15 is 0 Å². The molecule has 1 atom stereocenters. The van der Waals surface area contributed by atoms with E-state index in [4.69, 9.17) is 4.98 Å². The highest BCUT2D eigenvalue weighted by Crippen LogP contribution is 2.26. The van der Waals surface area contributed by atoms with Crippen molar-refractivity contribution >= 4 is 11.8 Å². The van der Waals surface area contributed by atoms with Gasteiger partial charge in [0, 0.05) is 30.9 Å². The first-order valence-electron chi connectivity index (χ1n) is 9.07. The van der Waals surface area contributed by atoms with E-state index in [1.807, 2.05) is 6.92 Å². The van der Waals surface area contributed by atoms with Crippen molar-refractivity contribution in [3.63, 3.8) is 0 Å². The van der Waals surface area contributed by atoms with Gasteiger partial charge in [-0.1, -0.05) is 36.8 Å². The van der Waals surface area contributed by atoms with Crippen molar-refractivity contribution in [1.82, 2.24) is 9.97 Å².